The van der Waals surface area contributed by atoms with E-state index in [1.165, 1.54) is 5.56 Å². The van der Waals surface area contributed by atoms with Gasteiger partial charge in [0.25, 0.3) is 5.91 Å². The molecule has 1 unspecified atom stereocenters. The smallest absolute Gasteiger partial charge is 0.257 e. The van der Waals surface area contributed by atoms with Crippen LogP contribution in [0.15, 0.2) is 60.7 Å². The van der Waals surface area contributed by atoms with Crippen LogP contribution >= 0.6 is 12.4 Å². The molecule has 0 aliphatic carbocycles. The molecule has 5 heteroatoms. The van der Waals surface area contributed by atoms with Crippen molar-refractivity contribution >= 4 is 24.0 Å². The zero-order chi connectivity index (χ0) is 20.1. The molecule has 0 aliphatic heterocycles. The highest BCUT2D eigenvalue weighted by Gasteiger charge is 2.20. The average molecular weight is 412 g/mol. The summed E-state index contributed by atoms with van der Waals surface area (Å²) in [5.41, 5.74) is 5.96. The van der Waals surface area contributed by atoms with E-state index in [4.69, 9.17) is 0 Å². The van der Waals surface area contributed by atoms with Crippen molar-refractivity contribution in [3.05, 3.63) is 88.7 Å². The summed E-state index contributed by atoms with van der Waals surface area (Å²) < 4.78 is 2.23. The van der Waals surface area contributed by atoms with Gasteiger partial charge >= 0.3 is 0 Å². The molecule has 2 aromatic carbocycles. The molecular formula is C24H30ClN3O. The Balaban J connectivity index is 0.00000300. The molecule has 0 fully saturated rings. The van der Waals surface area contributed by atoms with Crippen LogP contribution in [0.25, 0.3) is 0 Å². The molecular weight excluding hydrogens is 382 g/mol. The molecule has 1 amide bonds. The zero-order valence-corrected chi connectivity index (χ0v) is 18.3. The molecule has 1 atom stereocenters. The molecule has 0 bridgehead atoms. The highest BCUT2D eigenvalue weighted by molar-refractivity contribution is 6.05. The first-order valence-electron chi connectivity index (χ1n) is 9.86. The number of nitrogens with zero attached hydrogens (tertiary/aromatic N) is 1. The average Bonchev–Trinajstić information content (AvgIpc) is 3.01. The predicted octanol–water partition coefficient (Wildman–Crippen LogP) is 5.50. The second-order valence-corrected chi connectivity index (χ2v) is 7.13. The van der Waals surface area contributed by atoms with Crippen molar-refractivity contribution in [2.75, 3.05) is 11.9 Å². The van der Waals surface area contributed by atoms with Crippen LogP contribution in [0.3, 0.4) is 0 Å². The molecule has 4 nitrogen and oxygen atoms in total. The fourth-order valence-corrected chi connectivity index (χ4v) is 3.73. The van der Waals surface area contributed by atoms with E-state index >= 15 is 0 Å². The number of aryl methyl sites for hydroxylation is 1. The summed E-state index contributed by atoms with van der Waals surface area (Å²) in [4.78, 5) is 13.0. The third-order valence-corrected chi connectivity index (χ3v) is 5.23. The Hall–Kier alpha value is -2.56. The quantitative estimate of drug-likeness (QED) is 0.539. The number of carbonyl (C=O) groups excluding carboxylic acids is 1. The number of halogens is 1. The van der Waals surface area contributed by atoms with Crippen LogP contribution in [0, 0.1) is 13.8 Å². The Labute approximate surface area is 179 Å². The Morgan fingerprint density at radius 2 is 1.69 bits per heavy atom. The first-order chi connectivity index (χ1) is 13.5. The van der Waals surface area contributed by atoms with Crippen LogP contribution in [0.2, 0.25) is 0 Å². The van der Waals surface area contributed by atoms with Crippen molar-refractivity contribution in [1.29, 1.82) is 0 Å². The Morgan fingerprint density at radius 1 is 1.03 bits per heavy atom. The summed E-state index contributed by atoms with van der Waals surface area (Å²) in [6, 6.07) is 20.5. The molecule has 2 N–H and O–H groups in total. The molecule has 0 saturated carbocycles. The second-order valence-electron chi connectivity index (χ2n) is 7.13. The van der Waals surface area contributed by atoms with E-state index in [1.54, 1.807) is 0 Å². The van der Waals surface area contributed by atoms with Gasteiger partial charge in [-0.25, -0.2) is 0 Å². The third kappa shape index (κ3) is 5.08. The van der Waals surface area contributed by atoms with E-state index in [1.807, 2.05) is 43.3 Å². The highest BCUT2D eigenvalue weighted by atomic mass is 35.5. The predicted molar refractivity (Wildman–Crippen MR) is 123 cm³/mol. The summed E-state index contributed by atoms with van der Waals surface area (Å²) in [6.07, 6.45) is 0. The summed E-state index contributed by atoms with van der Waals surface area (Å²) in [6.45, 7) is 9.94. The number of aromatic nitrogens is 1. The lowest BCUT2D eigenvalue weighted by Crippen LogP contribution is -2.18. The lowest BCUT2D eigenvalue weighted by molar-refractivity contribution is 0.102. The molecule has 0 aliphatic rings. The number of para-hydroxylation sites is 1. The first-order valence-corrected chi connectivity index (χ1v) is 9.86. The zero-order valence-electron chi connectivity index (χ0n) is 17.5. The SMILES string of the molecule is CCNCc1ccccc1NC(=O)c1cc(C)n(C(C)c2ccccc2)c1C.Cl. The molecule has 1 heterocycles. The van der Waals surface area contributed by atoms with Gasteiger partial charge in [0.2, 0.25) is 0 Å². The number of carbonyl (C=O) groups is 1. The van der Waals surface area contributed by atoms with Gasteiger partial charge in [-0.05, 0) is 50.6 Å². The monoisotopic (exact) mass is 411 g/mol. The minimum atomic E-state index is -0.0661. The molecule has 3 aromatic rings. The largest absolute Gasteiger partial charge is 0.341 e. The van der Waals surface area contributed by atoms with E-state index in [2.05, 4.69) is 60.2 Å². The minimum Gasteiger partial charge on any atom is -0.341 e. The number of nitrogens with one attached hydrogen (secondary N) is 2. The number of hydrogen-bond donors (Lipinski definition) is 2. The van der Waals surface area contributed by atoms with E-state index in [0.717, 1.165) is 41.3 Å². The van der Waals surface area contributed by atoms with Crippen molar-refractivity contribution in [1.82, 2.24) is 9.88 Å². The number of benzene rings is 2. The van der Waals surface area contributed by atoms with E-state index in [0.29, 0.717) is 0 Å². The molecule has 1 aromatic heterocycles. The molecule has 3 rings (SSSR count). The van der Waals surface area contributed by atoms with Crippen molar-refractivity contribution in [2.24, 2.45) is 0 Å². The van der Waals surface area contributed by atoms with Gasteiger partial charge in [-0.2, -0.15) is 0 Å². The van der Waals surface area contributed by atoms with Gasteiger partial charge < -0.3 is 15.2 Å². The maximum atomic E-state index is 13.0. The van der Waals surface area contributed by atoms with Gasteiger partial charge in [0.05, 0.1) is 11.6 Å². The van der Waals surface area contributed by atoms with Gasteiger partial charge in [0.1, 0.15) is 0 Å². The van der Waals surface area contributed by atoms with Gasteiger partial charge in [-0.3, -0.25) is 4.79 Å². The van der Waals surface area contributed by atoms with Crippen LogP contribution in [-0.2, 0) is 6.54 Å². The molecule has 154 valence electrons. The van der Waals surface area contributed by atoms with Crippen LogP contribution < -0.4 is 10.6 Å². The van der Waals surface area contributed by atoms with Gasteiger partial charge in [-0.15, -0.1) is 12.4 Å². The van der Waals surface area contributed by atoms with E-state index in [9.17, 15) is 4.79 Å². The van der Waals surface area contributed by atoms with Crippen molar-refractivity contribution in [2.45, 2.75) is 40.3 Å². The lowest BCUT2D eigenvalue weighted by Gasteiger charge is -2.19. The highest BCUT2D eigenvalue weighted by Crippen LogP contribution is 2.26. The van der Waals surface area contributed by atoms with Crippen LogP contribution in [0.4, 0.5) is 5.69 Å². The summed E-state index contributed by atoms with van der Waals surface area (Å²) in [7, 11) is 0. The van der Waals surface area contributed by atoms with Gasteiger partial charge in [0, 0.05) is 23.6 Å². The first kappa shape index (κ1) is 22.7. The van der Waals surface area contributed by atoms with Crippen molar-refractivity contribution in [3.63, 3.8) is 0 Å². The molecule has 0 saturated heterocycles. The maximum Gasteiger partial charge on any atom is 0.257 e. The number of hydrogen-bond acceptors (Lipinski definition) is 2. The second kappa shape index (κ2) is 10.3. The normalized spacial score (nSPS) is 11.6. The van der Waals surface area contributed by atoms with Crippen molar-refractivity contribution < 1.29 is 4.79 Å². The Morgan fingerprint density at radius 3 is 2.38 bits per heavy atom. The molecule has 0 radical (unpaired) electrons. The number of amides is 1. The maximum absolute atomic E-state index is 13.0. The van der Waals surface area contributed by atoms with Gasteiger partial charge in [-0.1, -0.05) is 55.5 Å². The fourth-order valence-electron chi connectivity index (χ4n) is 3.73. The summed E-state index contributed by atoms with van der Waals surface area (Å²) in [5.74, 6) is -0.0661. The van der Waals surface area contributed by atoms with Crippen LogP contribution in [-0.4, -0.2) is 17.0 Å². The fraction of sp³-hybridized carbons (Fsp3) is 0.292. The Kier molecular flexibility index (Phi) is 8.06. The molecule has 29 heavy (non-hydrogen) atoms. The van der Waals surface area contributed by atoms with Gasteiger partial charge in [0.15, 0.2) is 0 Å². The number of anilines is 1. The summed E-state index contributed by atoms with van der Waals surface area (Å²) in [5, 5.41) is 6.42. The lowest BCUT2D eigenvalue weighted by atomic mass is 10.1. The minimum absolute atomic E-state index is 0. The Bertz CT molecular complexity index is 950. The van der Waals surface area contributed by atoms with Crippen molar-refractivity contribution in [3.8, 4) is 0 Å². The van der Waals surface area contributed by atoms with E-state index < -0.39 is 0 Å². The third-order valence-electron chi connectivity index (χ3n) is 5.23. The molecule has 0 spiro atoms. The summed E-state index contributed by atoms with van der Waals surface area (Å²) >= 11 is 0. The van der Waals surface area contributed by atoms with Crippen LogP contribution in [0.1, 0.15) is 52.8 Å². The van der Waals surface area contributed by atoms with E-state index in [-0.39, 0.29) is 24.4 Å². The standard InChI is InChI=1S/C24H29N3O.ClH/c1-5-25-16-21-13-9-10-14-23(21)26-24(28)22-15-17(2)27(19(22)4)18(3)20-11-7-6-8-12-20;/h6-15,18,25H,5,16H2,1-4H3,(H,26,28);1H. The topological polar surface area (TPSA) is 46.1 Å². The van der Waals surface area contributed by atoms with Crippen LogP contribution in [0.5, 0.6) is 0 Å². The number of rotatable bonds is 7.